The maximum atomic E-state index is 11.5. The van der Waals surface area contributed by atoms with Gasteiger partial charge < -0.3 is 21.1 Å². The summed E-state index contributed by atoms with van der Waals surface area (Å²) in [6.45, 7) is 2.85. The van der Waals surface area contributed by atoms with E-state index < -0.39 is 12.0 Å². The van der Waals surface area contributed by atoms with Gasteiger partial charge in [0.15, 0.2) is 0 Å². The smallest absolute Gasteiger partial charge is 0.354 e. The summed E-state index contributed by atoms with van der Waals surface area (Å²) in [4.78, 5) is 37.0. The van der Waals surface area contributed by atoms with E-state index in [0.29, 0.717) is 12.1 Å². The second kappa shape index (κ2) is 8.51. The van der Waals surface area contributed by atoms with Gasteiger partial charge in [-0.3, -0.25) is 4.79 Å². The Bertz CT molecular complexity index is 501. The first-order valence-electron chi connectivity index (χ1n) is 6.49. The molecule has 114 valence electrons. The number of carboxylic acid groups (broad SMARTS) is 1. The number of hydrogen-bond donors (Lipinski definition) is 4. The Morgan fingerprint density at radius 2 is 1.95 bits per heavy atom. The van der Waals surface area contributed by atoms with Crippen LogP contribution in [0.25, 0.3) is 0 Å². The average molecular weight is 294 g/mol. The molecule has 1 heterocycles. The van der Waals surface area contributed by atoms with Crippen LogP contribution in [0.4, 0.5) is 4.79 Å². The van der Waals surface area contributed by atoms with Gasteiger partial charge in [-0.2, -0.15) is 0 Å². The molecule has 0 saturated heterocycles. The van der Waals surface area contributed by atoms with E-state index in [9.17, 15) is 14.4 Å². The zero-order chi connectivity index (χ0) is 15.7. The number of carbonyl (C=O) groups excluding carboxylic acids is 2. The fourth-order valence-electron chi connectivity index (χ4n) is 1.48. The van der Waals surface area contributed by atoms with E-state index in [1.807, 2.05) is 6.92 Å². The number of hydrogen-bond acceptors (Lipinski definition) is 4. The van der Waals surface area contributed by atoms with Crippen molar-refractivity contribution in [2.75, 3.05) is 13.1 Å². The van der Waals surface area contributed by atoms with Crippen molar-refractivity contribution in [3.63, 3.8) is 0 Å². The molecule has 1 aromatic heterocycles. The molecule has 0 atom stereocenters. The molecule has 0 unspecified atom stereocenters. The molecule has 0 aliphatic heterocycles. The average Bonchev–Trinajstić information content (AvgIpc) is 2.46. The molecule has 4 N–H and O–H groups in total. The van der Waals surface area contributed by atoms with Crippen LogP contribution in [-0.2, 0) is 11.3 Å². The summed E-state index contributed by atoms with van der Waals surface area (Å²) in [5, 5.41) is 16.5. The van der Waals surface area contributed by atoms with Gasteiger partial charge in [-0.1, -0.05) is 6.07 Å². The lowest BCUT2D eigenvalue weighted by molar-refractivity contribution is -0.120. The first-order chi connectivity index (χ1) is 10.0. The molecule has 3 amide bonds. The second-order valence-electron chi connectivity index (χ2n) is 4.17. The van der Waals surface area contributed by atoms with Crippen molar-refractivity contribution < 1.29 is 19.5 Å². The van der Waals surface area contributed by atoms with Crippen LogP contribution < -0.4 is 16.0 Å². The number of amides is 3. The molecule has 0 saturated carbocycles. The topological polar surface area (TPSA) is 120 Å². The molecule has 0 fully saturated rings. The molecule has 8 nitrogen and oxygen atoms in total. The molecule has 1 rings (SSSR count). The van der Waals surface area contributed by atoms with E-state index in [1.54, 1.807) is 6.07 Å². The van der Waals surface area contributed by atoms with Crippen molar-refractivity contribution in [1.29, 1.82) is 0 Å². The number of nitrogens with zero attached hydrogens (tertiary/aromatic N) is 1. The Morgan fingerprint density at radius 3 is 2.52 bits per heavy atom. The summed E-state index contributed by atoms with van der Waals surface area (Å²) in [5.74, 6) is -1.22. The van der Waals surface area contributed by atoms with Crippen molar-refractivity contribution in [2.45, 2.75) is 19.9 Å². The highest BCUT2D eigenvalue weighted by Gasteiger charge is 2.05. The zero-order valence-electron chi connectivity index (χ0n) is 11.7. The van der Waals surface area contributed by atoms with Gasteiger partial charge >= 0.3 is 12.0 Å². The molecule has 0 bridgehead atoms. The molecule has 0 aliphatic rings. The normalized spacial score (nSPS) is 9.76. The summed E-state index contributed by atoms with van der Waals surface area (Å²) >= 11 is 0. The number of nitrogens with one attached hydrogen (secondary N) is 3. The van der Waals surface area contributed by atoms with Gasteiger partial charge in [0, 0.05) is 32.3 Å². The quantitative estimate of drug-likeness (QED) is 0.568. The molecule has 0 radical (unpaired) electrons. The van der Waals surface area contributed by atoms with Crippen LogP contribution >= 0.6 is 0 Å². The summed E-state index contributed by atoms with van der Waals surface area (Å²) in [6, 6.07) is 2.54. The maximum Gasteiger partial charge on any atom is 0.354 e. The van der Waals surface area contributed by atoms with Crippen LogP contribution in [-0.4, -0.2) is 41.1 Å². The Morgan fingerprint density at radius 1 is 1.19 bits per heavy atom. The van der Waals surface area contributed by atoms with Gasteiger partial charge in [0.25, 0.3) is 0 Å². The largest absolute Gasteiger partial charge is 0.477 e. The number of aromatic carboxylic acids is 1. The van der Waals surface area contributed by atoms with E-state index in [0.717, 1.165) is 0 Å². The first-order valence-corrected chi connectivity index (χ1v) is 6.49. The standard InChI is InChI=1S/C13H18N4O4/c1-2-14-11(18)5-6-15-13(21)17-8-9-3-4-10(12(19)20)16-7-9/h3-4,7H,2,5-6,8H2,1H3,(H,14,18)(H,19,20)(H2,15,17,21). The maximum absolute atomic E-state index is 11.5. The van der Waals surface area contributed by atoms with Crippen LogP contribution in [0, 0.1) is 0 Å². The lowest BCUT2D eigenvalue weighted by atomic mass is 10.2. The van der Waals surface area contributed by atoms with E-state index >= 15 is 0 Å². The molecular weight excluding hydrogens is 276 g/mol. The number of rotatable bonds is 7. The summed E-state index contributed by atoms with van der Waals surface area (Å²) in [5.41, 5.74) is 0.629. The molecule has 1 aromatic rings. The van der Waals surface area contributed by atoms with Crippen LogP contribution in [0.3, 0.4) is 0 Å². The number of pyridine rings is 1. The van der Waals surface area contributed by atoms with E-state index in [2.05, 4.69) is 20.9 Å². The van der Waals surface area contributed by atoms with Crippen molar-refractivity contribution in [3.05, 3.63) is 29.6 Å². The third kappa shape index (κ3) is 6.37. The van der Waals surface area contributed by atoms with E-state index in [4.69, 9.17) is 5.11 Å². The van der Waals surface area contributed by atoms with E-state index in [-0.39, 0.29) is 31.1 Å². The zero-order valence-corrected chi connectivity index (χ0v) is 11.7. The molecular formula is C13H18N4O4. The van der Waals surface area contributed by atoms with Crippen molar-refractivity contribution >= 4 is 17.9 Å². The Labute approximate surface area is 121 Å². The SMILES string of the molecule is CCNC(=O)CCNC(=O)NCc1ccc(C(=O)O)nc1. The molecule has 0 aliphatic carbocycles. The number of urea groups is 1. The fraction of sp³-hybridized carbons (Fsp3) is 0.385. The second-order valence-corrected chi connectivity index (χ2v) is 4.17. The van der Waals surface area contributed by atoms with Gasteiger partial charge in [-0.15, -0.1) is 0 Å². The number of aromatic nitrogens is 1. The van der Waals surface area contributed by atoms with Crippen LogP contribution in [0.2, 0.25) is 0 Å². The van der Waals surface area contributed by atoms with Gasteiger partial charge in [-0.05, 0) is 18.6 Å². The van der Waals surface area contributed by atoms with E-state index in [1.165, 1.54) is 12.3 Å². The van der Waals surface area contributed by atoms with Gasteiger partial charge in [-0.25, -0.2) is 14.6 Å². The summed E-state index contributed by atoms with van der Waals surface area (Å²) in [7, 11) is 0. The summed E-state index contributed by atoms with van der Waals surface area (Å²) in [6.07, 6.45) is 1.61. The third-order valence-corrected chi connectivity index (χ3v) is 2.51. The van der Waals surface area contributed by atoms with Crippen molar-refractivity contribution in [1.82, 2.24) is 20.9 Å². The minimum Gasteiger partial charge on any atom is -0.477 e. The van der Waals surface area contributed by atoms with Crippen LogP contribution in [0.5, 0.6) is 0 Å². The molecule has 8 heteroatoms. The highest BCUT2D eigenvalue weighted by Crippen LogP contribution is 1.99. The van der Waals surface area contributed by atoms with Crippen LogP contribution in [0.1, 0.15) is 29.4 Å². The predicted molar refractivity (Wildman–Crippen MR) is 74.7 cm³/mol. The molecule has 21 heavy (non-hydrogen) atoms. The monoisotopic (exact) mass is 294 g/mol. The highest BCUT2D eigenvalue weighted by molar-refractivity contribution is 5.85. The first kappa shape index (κ1) is 16.4. The van der Waals surface area contributed by atoms with Crippen molar-refractivity contribution in [2.24, 2.45) is 0 Å². The Hall–Kier alpha value is -2.64. The lowest BCUT2D eigenvalue weighted by Gasteiger charge is -2.07. The van der Waals surface area contributed by atoms with Gasteiger partial charge in [0.1, 0.15) is 5.69 Å². The Kier molecular flexibility index (Phi) is 6.66. The summed E-state index contributed by atoms with van der Waals surface area (Å²) < 4.78 is 0. The highest BCUT2D eigenvalue weighted by atomic mass is 16.4. The van der Waals surface area contributed by atoms with Crippen molar-refractivity contribution in [3.8, 4) is 0 Å². The minimum atomic E-state index is -1.10. The number of carboxylic acids is 1. The fourth-order valence-corrected chi connectivity index (χ4v) is 1.48. The minimum absolute atomic E-state index is 0.0508. The van der Waals surface area contributed by atoms with Gasteiger partial charge in [0.2, 0.25) is 5.91 Å². The molecule has 0 spiro atoms. The Balaban J connectivity index is 2.26. The molecule has 0 aromatic carbocycles. The number of carbonyl (C=O) groups is 3. The predicted octanol–water partition coefficient (Wildman–Crippen LogP) is 0.105. The lowest BCUT2D eigenvalue weighted by Crippen LogP contribution is -2.37. The van der Waals surface area contributed by atoms with Crippen LogP contribution in [0.15, 0.2) is 18.3 Å². The van der Waals surface area contributed by atoms with Gasteiger partial charge in [0.05, 0.1) is 0 Å². The third-order valence-electron chi connectivity index (χ3n) is 2.51.